The number of nitrogens with zero attached hydrogens (tertiary/aromatic N) is 1. The monoisotopic (exact) mass is 284 g/mol. The van der Waals surface area contributed by atoms with Crippen LogP contribution in [0.3, 0.4) is 0 Å². The van der Waals surface area contributed by atoms with Crippen LogP contribution in [-0.4, -0.2) is 18.1 Å². The highest BCUT2D eigenvalue weighted by atomic mass is 32.1. The fourth-order valence-corrected chi connectivity index (χ4v) is 2.71. The van der Waals surface area contributed by atoms with Gasteiger partial charge in [-0.1, -0.05) is 6.07 Å². The summed E-state index contributed by atoms with van der Waals surface area (Å²) in [5.41, 5.74) is 9.18. The SMILES string of the molecule is COC(=O)c1cc2ccc(N)cc2nc1-c1ccsc1. The molecule has 0 aliphatic carbocycles. The maximum absolute atomic E-state index is 12.0. The number of methoxy groups -OCH3 is 1. The van der Waals surface area contributed by atoms with Crippen LogP contribution in [0.4, 0.5) is 5.69 Å². The van der Waals surface area contributed by atoms with Gasteiger partial charge >= 0.3 is 5.97 Å². The van der Waals surface area contributed by atoms with E-state index in [1.807, 2.05) is 22.9 Å². The minimum Gasteiger partial charge on any atom is -0.465 e. The molecule has 4 nitrogen and oxygen atoms in total. The Kier molecular flexibility index (Phi) is 3.12. The highest BCUT2D eigenvalue weighted by Crippen LogP contribution is 2.28. The molecule has 2 N–H and O–H groups in total. The zero-order valence-corrected chi connectivity index (χ0v) is 11.6. The summed E-state index contributed by atoms with van der Waals surface area (Å²) in [6.45, 7) is 0. The van der Waals surface area contributed by atoms with E-state index in [9.17, 15) is 4.79 Å². The summed E-state index contributed by atoms with van der Waals surface area (Å²) in [6.07, 6.45) is 0. The quantitative estimate of drug-likeness (QED) is 0.579. The number of anilines is 1. The number of benzene rings is 1. The summed E-state index contributed by atoms with van der Waals surface area (Å²) >= 11 is 1.55. The molecular formula is C15H12N2O2S. The standard InChI is InChI=1S/C15H12N2O2S/c1-19-15(18)12-6-9-2-3-11(16)7-13(9)17-14(12)10-4-5-20-8-10/h2-8H,16H2,1H3. The van der Waals surface area contributed by atoms with E-state index in [4.69, 9.17) is 10.5 Å². The number of pyridine rings is 1. The maximum atomic E-state index is 12.0. The van der Waals surface area contributed by atoms with Gasteiger partial charge < -0.3 is 10.5 Å². The maximum Gasteiger partial charge on any atom is 0.340 e. The molecule has 1 aromatic carbocycles. The Morgan fingerprint density at radius 2 is 2.15 bits per heavy atom. The summed E-state index contributed by atoms with van der Waals surface area (Å²) in [5.74, 6) is -0.391. The number of carbonyl (C=O) groups is 1. The smallest absolute Gasteiger partial charge is 0.340 e. The van der Waals surface area contributed by atoms with Gasteiger partial charge in [-0.05, 0) is 29.6 Å². The zero-order valence-electron chi connectivity index (χ0n) is 10.8. The van der Waals surface area contributed by atoms with Crippen LogP contribution >= 0.6 is 11.3 Å². The molecule has 20 heavy (non-hydrogen) atoms. The average Bonchev–Trinajstić information content (AvgIpc) is 2.99. The van der Waals surface area contributed by atoms with E-state index in [0.717, 1.165) is 16.5 Å². The topological polar surface area (TPSA) is 65.2 Å². The Morgan fingerprint density at radius 1 is 1.30 bits per heavy atom. The molecule has 0 aliphatic rings. The number of rotatable bonds is 2. The third kappa shape index (κ3) is 2.12. The number of carbonyl (C=O) groups excluding carboxylic acids is 1. The number of fused-ring (bicyclic) bond motifs is 1. The largest absolute Gasteiger partial charge is 0.465 e. The fourth-order valence-electron chi connectivity index (χ4n) is 2.07. The van der Waals surface area contributed by atoms with E-state index >= 15 is 0 Å². The van der Waals surface area contributed by atoms with E-state index in [2.05, 4.69) is 4.98 Å². The first-order chi connectivity index (χ1) is 9.69. The lowest BCUT2D eigenvalue weighted by Crippen LogP contribution is -2.05. The molecule has 0 aliphatic heterocycles. The predicted octanol–water partition coefficient (Wildman–Crippen LogP) is 3.33. The second-order valence-electron chi connectivity index (χ2n) is 4.34. The Hall–Kier alpha value is -2.40. The zero-order chi connectivity index (χ0) is 14.1. The molecule has 0 unspecified atom stereocenters. The van der Waals surface area contributed by atoms with Gasteiger partial charge in [0, 0.05) is 22.0 Å². The van der Waals surface area contributed by atoms with E-state index < -0.39 is 5.97 Å². The van der Waals surface area contributed by atoms with Gasteiger partial charge in [0.2, 0.25) is 0 Å². The summed E-state index contributed by atoms with van der Waals surface area (Å²) in [7, 11) is 1.37. The number of esters is 1. The van der Waals surface area contributed by atoms with E-state index in [1.54, 1.807) is 29.5 Å². The van der Waals surface area contributed by atoms with Crippen LogP contribution in [-0.2, 0) is 4.74 Å². The lowest BCUT2D eigenvalue weighted by molar-refractivity contribution is 0.0601. The molecule has 5 heteroatoms. The van der Waals surface area contributed by atoms with Crippen molar-refractivity contribution < 1.29 is 9.53 Å². The molecule has 3 aromatic rings. The lowest BCUT2D eigenvalue weighted by atomic mass is 10.1. The molecule has 0 saturated heterocycles. The van der Waals surface area contributed by atoms with Crippen molar-refractivity contribution in [3.05, 3.63) is 46.7 Å². The predicted molar refractivity (Wildman–Crippen MR) is 80.8 cm³/mol. The summed E-state index contributed by atoms with van der Waals surface area (Å²) in [4.78, 5) is 16.5. The third-order valence-electron chi connectivity index (χ3n) is 3.04. The van der Waals surface area contributed by atoms with E-state index in [0.29, 0.717) is 16.9 Å². The Bertz CT molecular complexity index is 782. The summed E-state index contributed by atoms with van der Waals surface area (Å²) in [6, 6.07) is 9.15. The molecule has 3 rings (SSSR count). The van der Waals surface area contributed by atoms with Gasteiger partial charge in [-0.3, -0.25) is 0 Å². The molecule has 0 spiro atoms. The second-order valence-corrected chi connectivity index (χ2v) is 5.12. The van der Waals surface area contributed by atoms with Gasteiger partial charge in [-0.25, -0.2) is 9.78 Å². The van der Waals surface area contributed by atoms with Crippen LogP contribution in [0.5, 0.6) is 0 Å². The number of hydrogen-bond acceptors (Lipinski definition) is 5. The minimum atomic E-state index is -0.391. The van der Waals surface area contributed by atoms with Crippen LogP contribution in [0.1, 0.15) is 10.4 Å². The van der Waals surface area contributed by atoms with Crippen molar-refractivity contribution in [3.63, 3.8) is 0 Å². The fraction of sp³-hybridized carbons (Fsp3) is 0.0667. The molecule has 0 fully saturated rings. The molecule has 2 heterocycles. The number of hydrogen-bond donors (Lipinski definition) is 1. The normalized spacial score (nSPS) is 10.7. The number of nitrogens with two attached hydrogens (primary N) is 1. The average molecular weight is 284 g/mol. The summed E-state index contributed by atoms with van der Waals surface area (Å²) < 4.78 is 4.85. The van der Waals surface area contributed by atoms with Crippen LogP contribution in [0.2, 0.25) is 0 Å². The molecule has 0 radical (unpaired) electrons. The van der Waals surface area contributed by atoms with Crippen molar-refractivity contribution in [1.82, 2.24) is 4.98 Å². The molecule has 0 saturated carbocycles. The second kappa shape index (κ2) is 4.94. The molecule has 0 atom stereocenters. The van der Waals surface area contributed by atoms with Crippen molar-refractivity contribution in [3.8, 4) is 11.3 Å². The number of thiophene rings is 1. The highest BCUT2D eigenvalue weighted by molar-refractivity contribution is 7.08. The molecule has 100 valence electrons. The first-order valence-corrected chi connectivity index (χ1v) is 6.94. The number of aromatic nitrogens is 1. The van der Waals surface area contributed by atoms with Crippen molar-refractivity contribution in [2.45, 2.75) is 0 Å². The van der Waals surface area contributed by atoms with Crippen molar-refractivity contribution in [2.24, 2.45) is 0 Å². The Labute approximate surface area is 119 Å². The van der Waals surface area contributed by atoms with Crippen molar-refractivity contribution >= 4 is 33.9 Å². The number of ether oxygens (including phenoxy) is 1. The van der Waals surface area contributed by atoms with E-state index in [-0.39, 0.29) is 0 Å². The van der Waals surface area contributed by atoms with Crippen LogP contribution in [0, 0.1) is 0 Å². The molecule has 2 aromatic heterocycles. The lowest BCUT2D eigenvalue weighted by Gasteiger charge is -2.08. The van der Waals surface area contributed by atoms with E-state index in [1.165, 1.54) is 7.11 Å². The van der Waals surface area contributed by atoms with Gasteiger partial charge in [0.1, 0.15) is 0 Å². The summed E-state index contributed by atoms with van der Waals surface area (Å²) in [5, 5.41) is 4.76. The Morgan fingerprint density at radius 3 is 2.85 bits per heavy atom. The molecular weight excluding hydrogens is 272 g/mol. The van der Waals surface area contributed by atoms with Crippen LogP contribution in [0.25, 0.3) is 22.2 Å². The number of nitrogen functional groups attached to an aromatic ring is 1. The molecule has 0 bridgehead atoms. The van der Waals surface area contributed by atoms with Crippen molar-refractivity contribution in [2.75, 3.05) is 12.8 Å². The van der Waals surface area contributed by atoms with Gasteiger partial charge in [0.15, 0.2) is 0 Å². The Balaban J connectivity index is 2.31. The van der Waals surface area contributed by atoms with Gasteiger partial charge in [-0.15, -0.1) is 0 Å². The molecule has 0 amide bonds. The van der Waals surface area contributed by atoms with Crippen LogP contribution in [0.15, 0.2) is 41.1 Å². The highest BCUT2D eigenvalue weighted by Gasteiger charge is 2.16. The minimum absolute atomic E-state index is 0.391. The third-order valence-corrected chi connectivity index (χ3v) is 3.72. The van der Waals surface area contributed by atoms with Gasteiger partial charge in [0.05, 0.1) is 23.9 Å². The van der Waals surface area contributed by atoms with Gasteiger partial charge in [0.25, 0.3) is 0 Å². The first-order valence-electron chi connectivity index (χ1n) is 6.00. The van der Waals surface area contributed by atoms with Gasteiger partial charge in [-0.2, -0.15) is 11.3 Å². The first kappa shape index (κ1) is 12.6. The van der Waals surface area contributed by atoms with Crippen LogP contribution < -0.4 is 5.73 Å². The van der Waals surface area contributed by atoms with Crippen molar-refractivity contribution in [1.29, 1.82) is 0 Å².